The van der Waals surface area contributed by atoms with Gasteiger partial charge in [-0.05, 0) is 37.5 Å². The molecule has 3 heteroatoms. The first-order chi connectivity index (χ1) is 6.07. The third-order valence-corrected chi connectivity index (χ3v) is 3.30. The number of halogens is 1. The molecule has 70 valence electrons. The fourth-order valence-corrected chi connectivity index (χ4v) is 1.76. The van der Waals surface area contributed by atoms with Crippen LogP contribution in [0.25, 0.3) is 0 Å². The number of hydrogen-bond donors (Lipinski definition) is 1. The average molecular weight is 242 g/mol. The summed E-state index contributed by atoms with van der Waals surface area (Å²) < 4.78 is 1.06. The van der Waals surface area contributed by atoms with Gasteiger partial charge in [0, 0.05) is 10.2 Å². The molecule has 0 aliphatic carbocycles. The van der Waals surface area contributed by atoms with Gasteiger partial charge in [-0.1, -0.05) is 22.0 Å². The molecule has 0 atom stereocenters. The standard InChI is InChI=1S/C10H12BrNO/c1-6-4-7(2)10(12-5-13)8(3)9(6)11/h4-5H,1-3H3,(H,12,13). The van der Waals surface area contributed by atoms with Gasteiger partial charge in [0.15, 0.2) is 0 Å². The second kappa shape index (κ2) is 3.92. The van der Waals surface area contributed by atoms with Crippen LogP contribution >= 0.6 is 15.9 Å². The van der Waals surface area contributed by atoms with Crippen molar-refractivity contribution in [2.45, 2.75) is 20.8 Å². The van der Waals surface area contributed by atoms with Crippen molar-refractivity contribution in [1.82, 2.24) is 0 Å². The lowest BCUT2D eigenvalue weighted by Gasteiger charge is -2.12. The number of amides is 1. The van der Waals surface area contributed by atoms with E-state index >= 15 is 0 Å². The molecule has 0 spiro atoms. The minimum atomic E-state index is 0.705. The zero-order valence-corrected chi connectivity index (χ0v) is 9.53. The van der Waals surface area contributed by atoms with Gasteiger partial charge >= 0.3 is 0 Å². The topological polar surface area (TPSA) is 29.1 Å². The van der Waals surface area contributed by atoms with Crippen LogP contribution in [0.1, 0.15) is 16.7 Å². The Morgan fingerprint density at radius 1 is 1.31 bits per heavy atom. The molecule has 0 saturated carbocycles. The van der Waals surface area contributed by atoms with Gasteiger partial charge in [0.2, 0.25) is 6.41 Å². The number of benzene rings is 1. The minimum absolute atomic E-state index is 0.705. The summed E-state index contributed by atoms with van der Waals surface area (Å²) in [7, 11) is 0. The van der Waals surface area contributed by atoms with Crippen LogP contribution in [0.15, 0.2) is 10.5 Å². The molecule has 0 radical (unpaired) electrons. The van der Waals surface area contributed by atoms with E-state index in [0.717, 1.165) is 21.3 Å². The zero-order chi connectivity index (χ0) is 10.0. The monoisotopic (exact) mass is 241 g/mol. The highest BCUT2D eigenvalue weighted by molar-refractivity contribution is 9.10. The molecular formula is C10H12BrNO. The summed E-state index contributed by atoms with van der Waals surface area (Å²) in [4.78, 5) is 10.3. The van der Waals surface area contributed by atoms with Crippen molar-refractivity contribution in [3.05, 3.63) is 27.2 Å². The first kappa shape index (κ1) is 10.3. The predicted octanol–water partition coefficient (Wildman–Crippen LogP) is 2.94. The van der Waals surface area contributed by atoms with Crippen LogP contribution in [-0.4, -0.2) is 6.41 Å². The van der Waals surface area contributed by atoms with E-state index in [-0.39, 0.29) is 0 Å². The molecule has 1 amide bonds. The predicted molar refractivity (Wildman–Crippen MR) is 58.0 cm³/mol. The molecule has 0 fully saturated rings. The smallest absolute Gasteiger partial charge is 0.211 e. The molecule has 0 unspecified atom stereocenters. The summed E-state index contributed by atoms with van der Waals surface area (Å²) in [6.45, 7) is 6.00. The van der Waals surface area contributed by atoms with Gasteiger partial charge in [-0.25, -0.2) is 0 Å². The Kier molecular flexibility index (Phi) is 3.09. The quantitative estimate of drug-likeness (QED) is 0.793. The molecule has 0 bridgehead atoms. The fraction of sp³-hybridized carbons (Fsp3) is 0.300. The molecule has 0 aromatic heterocycles. The Bertz CT molecular complexity index is 347. The van der Waals surface area contributed by atoms with Crippen molar-refractivity contribution < 1.29 is 4.79 Å². The maximum Gasteiger partial charge on any atom is 0.211 e. The van der Waals surface area contributed by atoms with Crippen molar-refractivity contribution in [1.29, 1.82) is 0 Å². The summed E-state index contributed by atoms with van der Waals surface area (Å²) in [6, 6.07) is 2.04. The molecule has 13 heavy (non-hydrogen) atoms. The van der Waals surface area contributed by atoms with Crippen LogP contribution < -0.4 is 5.32 Å². The lowest BCUT2D eigenvalue weighted by atomic mass is 10.1. The summed E-state index contributed by atoms with van der Waals surface area (Å²) >= 11 is 3.48. The van der Waals surface area contributed by atoms with E-state index in [1.54, 1.807) is 0 Å². The minimum Gasteiger partial charge on any atom is -0.328 e. The molecule has 0 saturated heterocycles. The SMILES string of the molecule is Cc1cc(C)c(NC=O)c(C)c1Br. The van der Waals surface area contributed by atoms with E-state index < -0.39 is 0 Å². The van der Waals surface area contributed by atoms with Gasteiger partial charge in [0.25, 0.3) is 0 Å². The fourth-order valence-electron chi connectivity index (χ4n) is 1.44. The number of carbonyl (C=O) groups is 1. The van der Waals surface area contributed by atoms with E-state index in [1.165, 1.54) is 5.56 Å². The Morgan fingerprint density at radius 3 is 2.46 bits per heavy atom. The lowest BCUT2D eigenvalue weighted by Crippen LogP contribution is -2.00. The van der Waals surface area contributed by atoms with Gasteiger partial charge in [0.1, 0.15) is 0 Å². The molecule has 0 heterocycles. The van der Waals surface area contributed by atoms with E-state index in [2.05, 4.69) is 21.2 Å². The highest BCUT2D eigenvalue weighted by Crippen LogP contribution is 2.30. The summed E-state index contributed by atoms with van der Waals surface area (Å²) in [5.74, 6) is 0. The van der Waals surface area contributed by atoms with Gasteiger partial charge < -0.3 is 5.32 Å². The van der Waals surface area contributed by atoms with Gasteiger partial charge in [-0.3, -0.25) is 4.79 Å². The molecule has 2 nitrogen and oxygen atoms in total. The number of carbonyl (C=O) groups excluding carboxylic acids is 1. The van der Waals surface area contributed by atoms with Crippen molar-refractivity contribution >= 4 is 28.0 Å². The molecule has 0 aliphatic rings. The van der Waals surface area contributed by atoms with Gasteiger partial charge in [-0.2, -0.15) is 0 Å². The van der Waals surface area contributed by atoms with Gasteiger partial charge in [0.05, 0.1) is 0 Å². The van der Waals surface area contributed by atoms with E-state index in [1.807, 2.05) is 26.8 Å². The van der Waals surface area contributed by atoms with E-state index in [9.17, 15) is 4.79 Å². The second-order valence-corrected chi connectivity index (χ2v) is 3.88. The molecule has 1 aromatic rings. The Morgan fingerprint density at radius 2 is 1.92 bits per heavy atom. The van der Waals surface area contributed by atoms with Crippen LogP contribution in [0, 0.1) is 20.8 Å². The summed E-state index contributed by atoms with van der Waals surface area (Å²) in [5.41, 5.74) is 4.24. The summed E-state index contributed by atoms with van der Waals surface area (Å²) in [6.07, 6.45) is 0.705. The number of nitrogens with one attached hydrogen (secondary N) is 1. The summed E-state index contributed by atoms with van der Waals surface area (Å²) in [5, 5.41) is 2.70. The number of rotatable bonds is 2. The van der Waals surface area contributed by atoms with Crippen LogP contribution in [0.2, 0.25) is 0 Å². The van der Waals surface area contributed by atoms with Gasteiger partial charge in [-0.15, -0.1) is 0 Å². The Hall–Kier alpha value is -0.830. The highest BCUT2D eigenvalue weighted by Gasteiger charge is 2.07. The number of anilines is 1. The first-order valence-corrected chi connectivity index (χ1v) is 4.83. The first-order valence-electron chi connectivity index (χ1n) is 4.04. The molecule has 1 rings (SSSR count). The van der Waals surface area contributed by atoms with E-state index in [0.29, 0.717) is 6.41 Å². The Labute approximate surface area is 86.5 Å². The van der Waals surface area contributed by atoms with Crippen molar-refractivity contribution in [3.8, 4) is 0 Å². The highest BCUT2D eigenvalue weighted by atomic mass is 79.9. The van der Waals surface area contributed by atoms with Crippen molar-refractivity contribution in [2.75, 3.05) is 5.32 Å². The van der Waals surface area contributed by atoms with Crippen molar-refractivity contribution in [3.63, 3.8) is 0 Å². The molecule has 1 N–H and O–H groups in total. The van der Waals surface area contributed by atoms with Crippen LogP contribution in [0.5, 0.6) is 0 Å². The maximum absolute atomic E-state index is 10.3. The largest absolute Gasteiger partial charge is 0.328 e. The lowest BCUT2D eigenvalue weighted by molar-refractivity contribution is -0.105. The van der Waals surface area contributed by atoms with Crippen LogP contribution in [0.4, 0.5) is 5.69 Å². The average Bonchev–Trinajstić information content (AvgIpc) is 2.09. The van der Waals surface area contributed by atoms with Crippen molar-refractivity contribution in [2.24, 2.45) is 0 Å². The third-order valence-electron chi connectivity index (χ3n) is 2.08. The molecule has 0 aliphatic heterocycles. The maximum atomic E-state index is 10.3. The molecular weight excluding hydrogens is 230 g/mol. The van der Waals surface area contributed by atoms with Crippen LogP contribution in [0.3, 0.4) is 0 Å². The molecule has 1 aromatic carbocycles. The zero-order valence-electron chi connectivity index (χ0n) is 7.94. The number of aryl methyl sites for hydroxylation is 2. The van der Waals surface area contributed by atoms with Crippen LogP contribution in [-0.2, 0) is 4.79 Å². The second-order valence-electron chi connectivity index (χ2n) is 3.09. The number of hydrogen-bond acceptors (Lipinski definition) is 1. The normalized spacial score (nSPS) is 9.85. The van der Waals surface area contributed by atoms with E-state index in [4.69, 9.17) is 0 Å². The Balaban J connectivity index is 3.34. The third kappa shape index (κ3) is 1.91.